The van der Waals surface area contributed by atoms with Crippen LogP contribution in [0.5, 0.6) is 5.75 Å². The molecule has 0 radical (unpaired) electrons. The molecule has 2 nitrogen and oxygen atoms in total. The topological polar surface area (TPSA) is 21.3 Å². The molecule has 0 saturated heterocycles. The van der Waals surface area contributed by atoms with E-state index in [1.807, 2.05) is 0 Å². The van der Waals surface area contributed by atoms with Gasteiger partial charge < -0.3 is 10.1 Å². The maximum absolute atomic E-state index is 6.93. The first-order valence-corrected chi connectivity index (χ1v) is 12.1. The summed E-state index contributed by atoms with van der Waals surface area (Å²) in [4.78, 5) is 0. The molecule has 1 fully saturated rings. The second-order valence-corrected chi connectivity index (χ2v) is 9.77. The highest BCUT2D eigenvalue weighted by Crippen LogP contribution is 2.44. The van der Waals surface area contributed by atoms with E-state index in [0.29, 0.717) is 12.0 Å². The van der Waals surface area contributed by atoms with Crippen molar-refractivity contribution in [1.29, 1.82) is 0 Å². The Morgan fingerprint density at radius 2 is 1.87 bits per heavy atom. The summed E-state index contributed by atoms with van der Waals surface area (Å²) in [6, 6.07) is 22.8. The fraction of sp³-hybridized carbons (Fsp3) is 0.448. The number of rotatable bonds is 5. The van der Waals surface area contributed by atoms with Crippen molar-refractivity contribution in [3.8, 4) is 5.75 Å². The third kappa shape index (κ3) is 4.36. The van der Waals surface area contributed by atoms with Gasteiger partial charge in [0, 0.05) is 17.3 Å². The summed E-state index contributed by atoms with van der Waals surface area (Å²) in [6.45, 7) is 2.16. The lowest BCUT2D eigenvalue weighted by atomic mass is 9.73. The Labute approximate surface area is 187 Å². The number of hydrogen-bond acceptors (Lipinski definition) is 2. The van der Waals surface area contributed by atoms with Crippen LogP contribution in [0.3, 0.4) is 0 Å². The minimum absolute atomic E-state index is 0.145. The molecule has 3 aromatic rings. The van der Waals surface area contributed by atoms with Crippen molar-refractivity contribution in [2.24, 2.45) is 11.8 Å². The van der Waals surface area contributed by atoms with Crippen LogP contribution in [-0.4, -0.2) is 13.1 Å². The Kier molecular flexibility index (Phi) is 6.00. The first-order valence-electron chi connectivity index (χ1n) is 12.1. The number of aryl methyl sites for hydroxylation is 2. The molecule has 2 aliphatic rings. The van der Waals surface area contributed by atoms with Gasteiger partial charge in [0.15, 0.2) is 0 Å². The number of benzene rings is 3. The number of fused-ring (bicyclic) bond motifs is 2. The van der Waals surface area contributed by atoms with Gasteiger partial charge in [-0.2, -0.15) is 0 Å². The number of hydrogen-bond donors (Lipinski definition) is 1. The Bertz CT molecular complexity index is 1040. The zero-order valence-electron chi connectivity index (χ0n) is 18.9. The normalized spacial score (nSPS) is 25.9. The second kappa shape index (κ2) is 9.04. The minimum atomic E-state index is 0.145. The lowest BCUT2D eigenvalue weighted by molar-refractivity contribution is 0.0934. The van der Waals surface area contributed by atoms with Crippen molar-refractivity contribution in [1.82, 2.24) is 5.32 Å². The van der Waals surface area contributed by atoms with Gasteiger partial charge >= 0.3 is 0 Å². The number of nitrogens with one attached hydrogen (secondary N) is 1. The highest BCUT2D eigenvalue weighted by Gasteiger charge is 2.34. The van der Waals surface area contributed by atoms with Gasteiger partial charge in [-0.25, -0.2) is 0 Å². The van der Waals surface area contributed by atoms with Gasteiger partial charge in [0.25, 0.3) is 0 Å². The van der Waals surface area contributed by atoms with Crippen molar-refractivity contribution in [3.63, 3.8) is 0 Å². The molecule has 2 heteroatoms. The molecule has 0 aliphatic heterocycles. The predicted molar refractivity (Wildman–Crippen MR) is 130 cm³/mol. The predicted octanol–water partition coefficient (Wildman–Crippen LogP) is 7.00. The third-order valence-corrected chi connectivity index (χ3v) is 7.65. The molecule has 0 heterocycles. The molecule has 162 valence electrons. The van der Waals surface area contributed by atoms with Gasteiger partial charge in [-0.3, -0.25) is 0 Å². The fourth-order valence-electron chi connectivity index (χ4n) is 6.00. The zero-order valence-corrected chi connectivity index (χ0v) is 18.9. The molecule has 0 bridgehead atoms. The second-order valence-electron chi connectivity index (χ2n) is 9.77. The maximum atomic E-state index is 6.93. The summed E-state index contributed by atoms with van der Waals surface area (Å²) < 4.78 is 6.93. The standard InChI is InChI=1S/C29H35NO/c1-20-13-16-26-23(17-20)9-6-12-28(26)31-29-24(15-14-22-8-3-4-11-27(22)29)18-21-7-5-10-25(19-21)30-2/h3-4,6,8-9,11-13,16-17,21,24-25,29-30H,5,7,10,14-15,18-19H2,1-2H3/t21?,24-,25+,29-/m1/s1. The molecule has 1 N–H and O–H groups in total. The van der Waals surface area contributed by atoms with E-state index in [1.54, 1.807) is 0 Å². The average molecular weight is 414 g/mol. The molecule has 4 atom stereocenters. The Morgan fingerprint density at radius 3 is 2.77 bits per heavy atom. The van der Waals surface area contributed by atoms with E-state index in [1.165, 1.54) is 72.4 Å². The van der Waals surface area contributed by atoms with E-state index >= 15 is 0 Å². The van der Waals surface area contributed by atoms with Gasteiger partial charge in [0.1, 0.15) is 11.9 Å². The van der Waals surface area contributed by atoms with Crippen molar-refractivity contribution in [3.05, 3.63) is 77.4 Å². The van der Waals surface area contributed by atoms with Crippen LogP contribution in [0, 0.1) is 18.8 Å². The number of ether oxygens (including phenoxy) is 1. The van der Waals surface area contributed by atoms with Crippen LogP contribution in [-0.2, 0) is 6.42 Å². The van der Waals surface area contributed by atoms with Gasteiger partial charge in [0.05, 0.1) is 0 Å². The summed E-state index contributed by atoms with van der Waals surface area (Å²) >= 11 is 0. The lowest BCUT2D eigenvalue weighted by Crippen LogP contribution is -2.34. The van der Waals surface area contributed by atoms with Crippen LogP contribution in [0.25, 0.3) is 10.8 Å². The first-order chi connectivity index (χ1) is 15.2. The molecule has 0 amide bonds. The quantitative estimate of drug-likeness (QED) is 0.486. The van der Waals surface area contributed by atoms with E-state index in [4.69, 9.17) is 4.74 Å². The summed E-state index contributed by atoms with van der Waals surface area (Å²) in [5.74, 6) is 2.42. The van der Waals surface area contributed by atoms with Gasteiger partial charge in [0.2, 0.25) is 0 Å². The molecule has 1 saturated carbocycles. The van der Waals surface area contributed by atoms with Crippen molar-refractivity contribution in [2.45, 2.75) is 64.0 Å². The Hall–Kier alpha value is -2.32. The first kappa shape index (κ1) is 20.6. The summed E-state index contributed by atoms with van der Waals surface area (Å²) in [7, 11) is 2.12. The van der Waals surface area contributed by atoms with Crippen LogP contribution in [0.4, 0.5) is 0 Å². The van der Waals surface area contributed by atoms with E-state index in [-0.39, 0.29) is 6.10 Å². The molecular formula is C29H35NO. The van der Waals surface area contributed by atoms with Crippen LogP contribution < -0.4 is 10.1 Å². The van der Waals surface area contributed by atoms with Crippen molar-refractivity contribution < 1.29 is 4.74 Å². The smallest absolute Gasteiger partial charge is 0.128 e. The monoisotopic (exact) mass is 413 g/mol. The molecule has 3 aromatic carbocycles. The summed E-state index contributed by atoms with van der Waals surface area (Å²) in [6.07, 6.45) is 9.20. The molecule has 0 spiro atoms. The maximum Gasteiger partial charge on any atom is 0.128 e. The zero-order chi connectivity index (χ0) is 21.2. The molecule has 31 heavy (non-hydrogen) atoms. The SMILES string of the molecule is CN[C@H]1CCCC(C[C@H]2CCc3ccccc3[C@@H]2Oc2cccc3cc(C)ccc23)C1. The average Bonchev–Trinajstić information content (AvgIpc) is 2.80. The van der Waals surface area contributed by atoms with Gasteiger partial charge in [-0.1, -0.05) is 73.0 Å². The van der Waals surface area contributed by atoms with E-state index in [0.717, 1.165) is 11.7 Å². The molecule has 5 rings (SSSR count). The molecule has 0 aromatic heterocycles. The van der Waals surface area contributed by atoms with Crippen LogP contribution in [0.15, 0.2) is 60.7 Å². The Morgan fingerprint density at radius 1 is 0.968 bits per heavy atom. The van der Waals surface area contributed by atoms with Crippen LogP contribution in [0.1, 0.15) is 61.3 Å². The summed E-state index contributed by atoms with van der Waals surface area (Å²) in [5.41, 5.74) is 4.17. The van der Waals surface area contributed by atoms with Crippen LogP contribution >= 0.6 is 0 Å². The Balaban J connectivity index is 1.45. The van der Waals surface area contributed by atoms with Gasteiger partial charge in [-0.05, 0) is 74.6 Å². The highest BCUT2D eigenvalue weighted by atomic mass is 16.5. The molecular weight excluding hydrogens is 378 g/mol. The third-order valence-electron chi connectivity index (χ3n) is 7.65. The largest absolute Gasteiger partial charge is 0.485 e. The minimum Gasteiger partial charge on any atom is -0.485 e. The van der Waals surface area contributed by atoms with Crippen molar-refractivity contribution >= 4 is 10.8 Å². The molecule has 1 unspecified atom stereocenters. The van der Waals surface area contributed by atoms with E-state index in [9.17, 15) is 0 Å². The fourth-order valence-corrected chi connectivity index (χ4v) is 6.00. The van der Waals surface area contributed by atoms with Crippen LogP contribution in [0.2, 0.25) is 0 Å². The highest BCUT2D eigenvalue weighted by molar-refractivity contribution is 5.88. The van der Waals surface area contributed by atoms with Crippen molar-refractivity contribution in [2.75, 3.05) is 7.05 Å². The lowest BCUT2D eigenvalue weighted by Gasteiger charge is -2.38. The van der Waals surface area contributed by atoms with E-state index < -0.39 is 0 Å². The molecule has 2 aliphatic carbocycles. The van der Waals surface area contributed by atoms with Gasteiger partial charge in [-0.15, -0.1) is 0 Å². The van der Waals surface area contributed by atoms with E-state index in [2.05, 4.69) is 80.0 Å². The summed E-state index contributed by atoms with van der Waals surface area (Å²) in [5, 5.41) is 6.02.